The molecule has 0 radical (unpaired) electrons. The molecule has 0 spiro atoms. The van der Waals surface area contributed by atoms with Crippen LogP contribution in [0.3, 0.4) is 0 Å². The number of nitrogens with zero attached hydrogens (tertiary/aromatic N) is 4. The Balaban J connectivity index is 2.10. The number of rotatable bonds is 1. The second kappa shape index (κ2) is 5.60. The first-order chi connectivity index (χ1) is 11.7. The Labute approximate surface area is 140 Å². The Morgan fingerprint density at radius 1 is 1.08 bits per heavy atom. The summed E-state index contributed by atoms with van der Waals surface area (Å²) in [5.74, 6) is 0.0172. The fraction of sp³-hybridized carbons (Fsp3) is 0.211. The normalized spacial score (nSPS) is 12.7. The maximum atomic E-state index is 12.3. The van der Waals surface area contributed by atoms with E-state index in [1.165, 1.54) is 0 Å². The van der Waals surface area contributed by atoms with Crippen LogP contribution in [0, 0.1) is 0 Å². The van der Waals surface area contributed by atoms with E-state index in [0.29, 0.717) is 6.54 Å². The van der Waals surface area contributed by atoms with Crippen LogP contribution < -0.4 is 4.90 Å². The van der Waals surface area contributed by atoms with Gasteiger partial charge in [0.05, 0.1) is 17.9 Å². The lowest BCUT2D eigenvalue weighted by Gasteiger charge is -2.27. The number of carbonyl (C=O) groups excluding carboxylic acids is 1. The van der Waals surface area contributed by atoms with Gasteiger partial charge in [-0.3, -0.25) is 4.79 Å². The van der Waals surface area contributed by atoms with Crippen molar-refractivity contribution < 1.29 is 4.79 Å². The first-order valence-corrected chi connectivity index (χ1v) is 8.10. The van der Waals surface area contributed by atoms with E-state index in [9.17, 15) is 4.79 Å². The van der Waals surface area contributed by atoms with Crippen molar-refractivity contribution in [3.63, 3.8) is 0 Å². The van der Waals surface area contributed by atoms with Gasteiger partial charge in [-0.15, -0.1) is 5.10 Å². The van der Waals surface area contributed by atoms with Gasteiger partial charge in [-0.1, -0.05) is 47.7 Å². The molecule has 2 aromatic carbocycles. The maximum absolute atomic E-state index is 12.3. The zero-order valence-corrected chi connectivity index (χ0v) is 13.7. The average Bonchev–Trinajstić information content (AvgIpc) is 3.01. The topological polar surface area (TPSA) is 51.0 Å². The van der Waals surface area contributed by atoms with Crippen molar-refractivity contribution in [2.45, 2.75) is 26.9 Å². The first-order valence-electron chi connectivity index (χ1n) is 8.10. The summed E-state index contributed by atoms with van der Waals surface area (Å²) in [5, 5.41) is 8.77. The smallest absolute Gasteiger partial charge is 0.224 e. The Kier molecular flexibility index (Phi) is 3.41. The van der Waals surface area contributed by atoms with E-state index < -0.39 is 0 Å². The van der Waals surface area contributed by atoms with Crippen LogP contribution in [0.25, 0.3) is 22.5 Å². The molecule has 0 bridgehead atoms. The minimum atomic E-state index is 0.0172. The molecule has 120 valence electrons. The van der Waals surface area contributed by atoms with Crippen molar-refractivity contribution in [1.29, 1.82) is 0 Å². The summed E-state index contributed by atoms with van der Waals surface area (Å²) in [4.78, 5) is 14.1. The number of hydrogen-bond acceptors (Lipinski definition) is 3. The Morgan fingerprint density at radius 3 is 2.54 bits per heavy atom. The summed E-state index contributed by atoms with van der Waals surface area (Å²) in [6.45, 7) is 4.95. The quantitative estimate of drug-likeness (QED) is 0.690. The average molecular weight is 318 g/mol. The van der Waals surface area contributed by atoms with E-state index in [2.05, 4.69) is 29.4 Å². The highest BCUT2D eigenvalue weighted by atomic mass is 16.2. The maximum Gasteiger partial charge on any atom is 0.224 e. The fourth-order valence-corrected chi connectivity index (χ4v) is 3.32. The number of hydrogen-bond donors (Lipinski definition) is 0. The molecular formula is C19H18N4O. The second-order valence-corrected chi connectivity index (χ2v) is 5.88. The number of fused-ring (bicyclic) bond motifs is 5. The van der Waals surface area contributed by atoms with E-state index in [0.717, 1.165) is 40.3 Å². The predicted molar refractivity (Wildman–Crippen MR) is 93.4 cm³/mol. The fourth-order valence-electron chi connectivity index (χ4n) is 3.32. The molecule has 0 saturated carbocycles. The molecule has 0 atom stereocenters. The predicted octanol–water partition coefficient (Wildman–Crippen LogP) is 3.50. The minimum Gasteiger partial charge on any atom is -0.308 e. The highest BCUT2D eigenvalue weighted by Crippen LogP contribution is 2.40. The lowest BCUT2D eigenvalue weighted by atomic mass is 9.95. The van der Waals surface area contributed by atoms with Gasteiger partial charge in [-0.05, 0) is 18.6 Å². The van der Waals surface area contributed by atoms with Crippen LogP contribution >= 0.6 is 0 Å². The van der Waals surface area contributed by atoms with Gasteiger partial charge in [-0.25, -0.2) is 4.68 Å². The lowest BCUT2D eigenvalue weighted by molar-refractivity contribution is -0.116. The number of para-hydroxylation sites is 1. The number of amides is 1. The van der Waals surface area contributed by atoms with Crippen molar-refractivity contribution in [2.75, 3.05) is 4.90 Å². The largest absolute Gasteiger partial charge is 0.308 e. The van der Waals surface area contributed by atoms with Gasteiger partial charge in [0, 0.05) is 24.6 Å². The summed E-state index contributed by atoms with van der Waals surface area (Å²) in [5.41, 5.74) is 5.84. The van der Waals surface area contributed by atoms with Crippen LogP contribution in [0.2, 0.25) is 0 Å². The van der Waals surface area contributed by atoms with Gasteiger partial charge in [0.2, 0.25) is 5.91 Å². The number of carbonyl (C=O) groups is 1. The summed E-state index contributed by atoms with van der Waals surface area (Å²) >= 11 is 0. The molecule has 1 aliphatic rings. The molecule has 24 heavy (non-hydrogen) atoms. The molecule has 2 heterocycles. The highest BCUT2D eigenvalue weighted by molar-refractivity contribution is 5.99. The van der Waals surface area contributed by atoms with E-state index in [1.54, 1.807) is 6.92 Å². The van der Waals surface area contributed by atoms with Crippen molar-refractivity contribution in [3.8, 4) is 22.5 Å². The van der Waals surface area contributed by atoms with Crippen LogP contribution in [0.1, 0.15) is 19.4 Å². The zero-order chi connectivity index (χ0) is 16.7. The second-order valence-electron chi connectivity index (χ2n) is 5.88. The summed E-state index contributed by atoms with van der Waals surface area (Å²) in [6.07, 6.45) is 0. The van der Waals surface area contributed by atoms with Crippen LogP contribution in [-0.4, -0.2) is 20.9 Å². The Bertz CT molecular complexity index is 929. The molecule has 0 unspecified atom stereocenters. The van der Waals surface area contributed by atoms with E-state index in [-0.39, 0.29) is 5.91 Å². The molecule has 1 aromatic heterocycles. The van der Waals surface area contributed by atoms with Gasteiger partial charge >= 0.3 is 0 Å². The van der Waals surface area contributed by atoms with Gasteiger partial charge in [0.1, 0.15) is 5.69 Å². The number of aryl methyl sites for hydroxylation is 1. The van der Waals surface area contributed by atoms with Crippen LogP contribution in [0.4, 0.5) is 5.69 Å². The van der Waals surface area contributed by atoms with Crippen molar-refractivity contribution in [3.05, 3.63) is 54.1 Å². The van der Waals surface area contributed by atoms with Crippen LogP contribution in [0.5, 0.6) is 0 Å². The molecule has 3 aromatic rings. The molecule has 0 N–H and O–H groups in total. The van der Waals surface area contributed by atoms with Gasteiger partial charge in [0.25, 0.3) is 0 Å². The molecule has 4 rings (SSSR count). The third-order valence-corrected chi connectivity index (χ3v) is 4.47. The third-order valence-electron chi connectivity index (χ3n) is 4.47. The van der Waals surface area contributed by atoms with Crippen molar-refractivity contribution in [2.24, 2.45) is 0 Å². The molecule has 5 heteroatoms. The number of benzene rings is 2. The molecule has 0 saturated heterocycles. The van der Waals surface area contributed by atoms with Gasteiger partial charge in [0.15, 0.2) is 0 Å². The van der Waals surface area contributed by atoms with Crippen LogP contribution in [0.15, 0.2) is 48.5 Å². The Hall–Kier alpha value is -2.95. The summed E-state index contributed by atoms with van der Waals surface area (Å²) < 4.78 is 1.92. The SMILES string of the molecule is CCn1nnc2c1-c1ccccc1CN(C(C)=O)c1ccccc1-2. The number of anilines is 1. The highest BCUT2D eigenvalue weighted by Gasteiger charge is 2.27. The van der Waals surface area contributed by atoms with E-state index >= 15 is 0 Å². The van der Waals surface area contributed by atoms with Crippen LogP contribution in [-0.2, 0) is 17.9 Å². The Morgan fingerprint density at radius 2 is 1.79 bits per heavy atom. The van der Waals surface area contributed by atoms with E-state index in [4.69, 9.17) is 0 Å². The summed E-state index contributed by atoms with van der Waals surface area (Å²) in [7, 11) is 0. The van der Waals surface area contributed by atoms with E-state index in [1.807, 2.05) is 46.0 Å². The molecule has 0 aliphatic carbocycles. The standard InChI is InChI=1S/C19H18N4O/c1-3-23-19-15-9-5-4-8-14(15)12-22(13(2)24)17-11-7-6-10-16(17)18(19)20-21-23/h4-11H,3,12H2,1-2H3. The molecule has 1 aliphatic heterocycles. The lowest BCUT2D eigenvalue weighted by Crippen LogP contribution is -2.29. The first kappa shape index (κ1) is 14.6. The molecular weight excluding hydrogens is 300 g/mol. The van der Waals surface area contributed by atoms with Crippen molar-refractivity contribution >= 4 is 11.6 Å². The summed E-state index contributed by atoms with van der Waals surface area (Å²) in [6, 6.07) is 16.1. The van der Waals surface area contributed by atoms with Gasteiger partial charge in [-0.2, -0.15) is 0 Å². The zero-order valence-electron chi connectivity index (χ0n) is 13.7. The van der Waals surface area contributed by atoms with Gasteiger partial charge < -0.3 is 4.90 Å². The number of aromatic nitrogens is 3. The monoisotopic (exact) mass is 318 g/mol. The molecule has 5 nitrogen and oxygen atoms in total. The minimum absolute atomic E-state index is 0.0172. The van der Waals surface area contributed by atoms with Crippen molar-refractivity contribution in [1.82, 2.24) is 15.0 Å². The third kappa shape index (κ3) is 2.12. The molecule has 0 fully saturated rings. The molecule has 1 amide bonds.